The predicted octanol–water partition coefficient (Wildman–Crippen LogP) is 4.53. The molecule has 3 aliphatic rings. The van der Waals surface area contributed by atoms with E-state index in [1.54, 1.807) is 29.2 Å². The molecule has 3 amide bonds. The first kappa shape index (κ1) is 40.3. The molecule has 2 aromatic carbocycles. The maximum Gasteiger partial charge on any atom is 0.313 e. The number of alkyl halides is 1. The molecule has 0 saturated carbocycles. The number of likely N-dealkylation sites (tertiary alicyclic amines) is 1. The number of nitrogens with one attached hydrogen (secondary N) is 1. The average Bonchev–Trinajstić information content (AvgIpc) is 3.77. The summed E-state index contributed by atoms with van der Waals surface area (Å²) in [6, 6.07) is 15.9. The highest BCUT2D eigenvalue weighted by Crippen LogP contribution is 2.61. The van der Waals surface area contributed by atoms with E-state index in [4.69, 9.17) is 14.2 Å². The summed E-state index contributed by atoms with van der Waals surface area (Å²) in [5, 5.41) is 13.8. The molecule has 3 aliphatic heterocycles. The van der Waals surface area contributed by atoms with Gasteiger partial charge in [0.05, 0.1) is 43.2 Å². The Balaban J connectivity index is 1.55. The number of rotatable bonds is 20. The largest absolute Gasteiger partial charge is 0.455 e. The first-order valence-corrected chi connectivity index (χ1v) is 19.4. The summed E-state index contributed by atoms with van der Waals surface area (Å²) < 4.78 is 18.6. The average molecular weight is 795 g/mol. The summed E-state index contributed by atoms with van der Waals surface area (Å²) in [6.45, 7) is 9.98. The van der Waals surface area contributed by atoms with E-state index in [0.717, 1.165) is 18.4 Å². The summed E-state index contributed by atoms with van der Waals surface area (Å²) in [7, 11) is 1.50. The van der Waals surface area contributed by atoms with Gasteiger partial charge in [-0.25, -0.2) is 0 Å². The topological polar surface area (TPSA) is 135 Å². The second-order valence-electron chi connectivity index (χ2n) is 14.1. The van der Waals surface area contributed by atoms with E-state index in [-0.39, 0.29) is 36.2 Å². The number of allylic oxidation sites excluding steroid dienone is 1. The lowest BCUT2D eigenvalue weighted by Crippen LogP contribution is -2.59. The number of ether oxygens (including phenoxy) is 3. The highest BCUT2D eigenvalue weighted by Gasteiger charge is 2.77. The molecule has 2 aromatic rings. The molecular weight excluding hydrogens is 742 g/mol. The van der Waals surface area contributed by atoms with Crippen LogP contribution in [0.25, 0.3) is 0 Å². The number of benzene rings is 2. The lowest BCUT2D eigenvalue weighted by atomic mass is 9.70. The van der Waals surface area contributed by atoms with Gasteiger partial charge in [0.2, 0.25) is 17.7 Å². The minimum Gasteiger partial charge on any atom is -0.455 e. The Kier molecular flexibility index (Phi) is 14.1. The van der Waals surface area contributed by atoms with Crippen molar-refractivity contribution in [1.29, 1.82) is 0 Å². The Hall–Kier alpha value is -3.84. The van der Waals surface area contributed by atoms with Gasteiger partial charge in [-0.1, -0.05) is 102 Å². The molecule has 9 atom stereocenters. The Morgan fingerprint density at radius 2 is 1.83 bits per heavy atom. The van der Waals surface area contributed by atoms with Crippen LogP contribution in [0.2, 0.25) is 0 Å². The van der Waals surface area contributed by atoms with Crippen LogP contribution >= 0.6 is 15.9 Å². The molecule has 2 N–H and O–H groups in total. The number of hydrogen-bond acceptors (Lipinski definition) is 8. The number of aliphatic hydroxyl groups is 1. The first-order valence-electron chi connectivity index (χ1n) is 18.5. The standard InChI is InChI=1S/C41H52BrN3O8/c1-5-8-20-32(47)43-31(26-51-4)35(28-18-14-11-15-19-28)52-40(50)33-34-38(48)45(29(25-46)23-27-16-12-10-13-17-27)37(41(34)24-30(42)36(33)53-41)39(49)44(21-7-3)22-9-6-2/h5,7,10-19,29-31,33-37,46H,1,3,6,8-9,20-26H2,2,4H3,(H,43,47)/t29-,30?,31+,33-,34+,35+,36-,37-,41+/m1/s1. The second-order valence-corrected chi connectivity index (χ2v) is 15.3. The van der Waals surface area contributed by atoms with E-state index in [1.807, 2.05) is 55.5 Å². The summed E-state index contributed by atoms with van der Waals surface area (Å²) in [5.41, 5.74) is 0.158. The molecule has 3 fully saturated rings. The highest BCUT2D eigenvalue weighted by atomic mass is 79.9. The predicted molar refractivity (Wildman–Crippen MR) is 204 cm³/mol. The van der Waals surface area contributed by atoms with Gasteiger partial charge in [-0.2, -0.15) is 0 Å². The third-order valence-electron chi connectivity index (χ3n) is 10.6. The molecule has 0 aliphatic carbocycles. The minimum atomic E-state index is -1.36. The van der Waals surface area contributed by atoms with Crippen molar-refractivity contribution in [1.82, 2.24) is 15.1 Å². The summed E-state index contributed by atoms with van der Waals surface area (Å²) in [6.07, 6.45) is 4.45. The van der Waals surface area contributed by atoms with E-state index in [2.05, 4.69) is 34.4 Å². The van der Waals surface area contributed by atoms with Crippen LogP contribution in [0.4, 0.5) is 0 Å². The van der Waals surface area contributed by atoms with Crippen LogP contribution in [0.3, 0.4) is 0 Å². The zero-order valence-corrected chi connectivity index (χ0v) is 32.2. The molecule has 3 saturated heterocycles. The number of amides is 3. The number of halogens is 1. The number of esters is 1. The van der Waals surface area contributed by atoms with Gasteiger partial charge in [0.15, 0.2) is 0 Å². The van der Waals surface area contributed by atoms with E-state index in [0.29, 0.717) is 31.4 Å². The molecule has 1 unspecified atom stereocenters. The van der Waals surface area contributed by atoms with Gasteiger partial charge < -0.3 is 34.4 Å². The Labute approximate surface area is 320 Å². The third-order valence-corrected chi connectivity index (χ3v) is 11.4. The fraction of sp³-hybridized carbons (Fsp3) is 0.512. The number of methoxy groups -OCH3 is 1. The van der Waals surface area contributed by atoms with E-state index in [9.17, 15) is 24.3 Å². The molecule has 12 heteroatoms. The number of unbranched alkanes of at least 4 members (excludes halogenated alkanes) is 1. The number of carbonyl (C=O) groups is 4. The zero-order valence-electron chi connectivity index (χ0n) is 30.6. The van der Waals surface area contributed by atoms with Crippen molar-refractivity contribution >= 4 is 39.6 Å². The number of fused-ring (bicyclic) bond motifs is 1. The van der Waals surface area contributed by atoms with E-state index < -0.39 is 66.3 Å². The SMILES string of the molecule is C=CCCC(=O)N[C@@H](COC)[C@@H](OC(=O)[C@H]1[C@@H]2O[C@@]3(CC2Br)[C@@H]1C(=O)N([C@@H](CO)Cc1ccccc1)[C@@H]3C(=O)N(CC=C)CCCC)c1ccccc1. The van der Waals surface area contributed by atoms with Crippen LogP contribution in [-0.2, 0) is 39.8 Å². The Bertz CT molecular complexity index is 1590. The van der Waals surface area contributed by atoms with Gasteiger partial charge in [-0.15, -0.1) is 13.2 Å². The van der Waals surface area contributed by atoms with Crippen LogP contribution in [0.5, 0.6) is 0 Å². The van der Waals surface area contributed by atoms with Crippen LogP contribution < -0.4 is 5.32 Å². The molecule has 1 spiro atoms. The fourth-order valence-corrected chi connectivity index (χ4v) is 9.18. The Morgan fingerprint density at radius 3 is 2.45 bits per heavy atom. The molecule has 286 valence electrons. The van der Waals surface area contributed by atoms with E-state index >= 15 is 0 Å². The van der Waals surface area contributed by atoms with Crippen molar-refractivity contribution in [3.63, 3.8) is 0 Å². The fourth-order valence-electron chi connectivity index (χ4n) is 8.24. The van der Waals surface area contributed by atoms with Crippen molar-refractivity contribution in [2.45, 2.75) is 86.2 Å². The molecule has 2 bridgehead atoms. The molecule has 0 radical (unpaired) electrons. The van der Waals surface area contributed by atoms with Gasteiger partial charge in [-0.3, -0.25) is 19.2 Å². The lowest BCUT2D eigenvalue weighted by molar-refractivity contribution is -0.163. The molecule has 3 heterocycles. The van der Waals surface area contributed by atoms with Gasteiger partial charge in [-0.05, 0) is 36.8 Å². The van der Waals surface area contributed by atoms with Crippen molar-refractivity contribution in [3.05, 3.63) is 97.1 Å². The molecule has 53 heavy (non-hydrogen) atoms. The normalized spacial score (nSPS) is 26.0. The third kappa shape index (κ3) is 8.46. The van der Waals surface area contributed by atoms with E-state index in [1.165, 1.54) is 12.0 Å². The number of aliphatic hydroxyl groups excluding tert-OH is 1. The number of hydrogen-bond donors (Lipinski definition) is 2. The molecule has 0 aromatic heterocycles. The smallest absolute Gasteiger partial charge is 0.313 e. The van der Waals surface area contributed by atoms with Crippen LogP contribution in [0.15, 0.2) is 86.0 Å². The van der Waals surface area contributed by atoms with Crippen molar-refractivity contribution < 1.29 is 38.5 Å². The lowest BCUT2D eigenvalue weighted by Gasteiger charge is -2.39. The van der Waals surface area contributed by atoms with Crippen LogP contribution in [-0.4, -0.2) is 107 Å². The summed E-state index contributed by atoms with van der Waals surface area (Å²) in [4.78, 5) is 60.2. The van der Waals surface area contributed by atoms with Gasteiger partial charge in [0.25, 0.3) is 0 Å². The van der Waals surface area contributed by atoms with Crippen LogP contribution in [0.1, 0.15) is 56.3 Å². The summed E-state index contributed by atoms with van der Waals surface area (Å²) >= 11 is 3.75. The van der Waals surface area contributed by atoms with Gasteiger partial charge in [0.1, 0.15) is 17.7 Å². The second kappa shape index (κ2) is 18.5. The highest BCUT2D eigenvalue weighted by molar-refractivity contribution is 9.09. The minimum absolute atomic E-state index is 0.0452. The number of carbonyl (C=O) groups excluding carboxylic acids is 4. The maximum atomic E-state index is 15.0. The maximum absolute atomic E-state index is 15.0. The quantitative estimate of drug-likeness (QED) is 0.114. The number of nitrogens with zero attached hydrogens (tertiary/aromatic N) is 2. The van der Waals surface area contributed by atoms with Crippen molar-refractivity contribution in [2.75, 3.05) is 33.4 Å². The zero-order chi connectivity index (χ0) is 38.1. The Morgan fingerprint density at radius 1 is 1.13 bits per heavy atom. The molecule has 5 rings (SSSR count). The van der Waals surface area contributed by atoms with Crippen LogP contribution in [0, 0.1) is 11.8 Å². The van der Waals surface area contributed by atoms with Crippen molar-refractivity contribution in [3.8, 4) is 0 Å². The summed E-state index contributed by atoms with van der Waals surface area (Å²) in [5.74, 6) is -3.80. The van der Waals surface area contributed by atoms with Gasteiger partial charge in [0, 0.05) is 31.4 Å². The molecule has 11 nitrogen and oxygen atoms in total. The first-order chi connectivity index (χ1) is 25.6. The van der Waals surface area contributed by atoms with Crippen molar-refractivity contribution in [2.24, 2.45) is 11.8 Å². The van der Waals surface area contributed by atoms with Gasteiger partial charge >= 0.3 is 5.97 Å². The monoisotopic (exact) mass is 793 g/mol. The molecular formula is C41H52BrN3O8.